The molecule has 1 aromatic rings. The van der Waals surface area contributed by atoms with Crippen LogP contribution in [-0.4, -0.2) is 54.2 Å². The molecule has 140 valence electrons. The second-order valence-corrected chi connectivity index (χ2v) is 5.45. The molecule has 1 saturated heterocycles. The first kappa shape index (κ1) is 21.0. The Hall–Kier alpha value is -2.07. The van der Waals surface area contributed by atoms with E-state index in [0.717, 1.165) is 18.2 Å². The van der Waals surface area contributed by atoms with Crippen LogP contribution >= 0.6 is 12.4 Å². The molecular formula is C14H17ClF3N3O4. The topological polar surface area (TPSA) is 84.7 Å². The van der Waals surface area contributed by atoms with Gasteiger partial charge in [-0.05, 0) is 19.1 Å². The number of carbonyl (C=O) groups excluding carboxylic acids is 1. The van der Waals surface area contributed by atoms with Crippen LogP contribution in [0.4, 0.5) is 18.9 Å². The molecule has 1 amide bonds. The van der Waals surface area contributed by atoms with Crippen molar-refractivity contribution in [1.29, 1.82) is 0 Å². The van der Waals surface area contributed by atoms with Gasteiger partial charge in [0.05, 0.1) is 4.92 Å². The standard InChI is InChI=1S/C14H16F3N3O4.ClH/c1-9-7-19(5-4-18-9)13(21)11-6-10(24-8-14(15,16)17)2-3-12(11)20(22)23;/h2-3,6,9,18H,4-5,7-8H2,1H3;1H. The number of alkyl halides is 3. The van der Waals surface area contributed by atoms with E-state index < -0.39 is 29.3 Å². The number of nitro benzene ring substituents is 1. The zero-order valence-electron chi connectivity index (χ0n) is 13.2. The van der Waals surface area contributed by atoms with Crippen LogP contribution in [-0.2, 0) is 0 Å². The zero-order chi connectivity index (χ0) is 17.9. The first-order valence-electron chi connectivity index (χ1n) is 7.18. The number of piperazine rings is 1. The van der Waals surface area contributed by atoms with Crippen molar-refractivity contribution < 1.29 is 27.6 Å². The van der Waals surface area contributed by atoms with Crippen molar-refractivity contribution in [2.75, 3.05) is 26.2 Å². The SMILES string of the molecule is CC1CN(C(=O)c2cc(OCC(F)(F)F)ccc2[N+](=O)[O-])CCN1.Cl. The van der Waals surface area contributed by atoms with Gasteiger partial charge >= 0.3 is 6.18 Å². The number of nitro groups is 1. The Labute approximate surface area is 147 Å². The summed E-state index contributed by atoms with van der Waals surface area (Å²) in [5.74, 6) is -0.850. The highest BCUT2D eigenvalue weighted by molar-refractivity contribution is 5.98. The van der Waals surface area contributed by atoms with Gasteiger partial charge in [-0.15, -0.1) is 12.4 Å². The minimum atomic E-state index is -4.54. The van der Waals surface area contributed by atoms with E-state index >= 15 is 0 Å². The van der Waals surface area contributed by atoms with E-state index in [0.29, 0.717) is 19.6 Å². The van der Waals surface area contributed by atoms with E-state index in [9.17, 15) is 28.1 Å². The highest BCUT2D eigenvalue weighted by Gasteiger charge is 2.30. The molecule has 2 rings (SSSR count). The fourth-order valence-electron chi connectivity index (χ4n) is 2.39. The van der Waals surface area contributed by atoms with E-state index in [4.69, 9.17) is 0 Å². The number of carbonyl (C=O) groups is 1. The van der Waals surface area contributed by atoms with Gasteiger partial charge in [0.2, 0.25) is 0 Å². The lowest BCUT2D eigenvalue weighted by Crippen LogP contribution is -2.51. The van der Waals surface area contributed by atoms with Gasteiger partial charge < -0.3 is 15.0 Å². The summed E-state index contributed by atoms with van der Waals surface area (Å²) in [6.45, 7) is 1.56. The minimum absolute atomic E-state index is 0. The first-order chi connectivity index (χ1) is 11.2. The monoisotopic (exact) mass is 383 g/mol. The van der Waals surface area contributed by atoms with Gasteiger partial charge in [0.1, 0.15) is 11.3 Å². The summed E-state index contributed by atoms with van der Waals surface area (Å²) in [6.07, 6.45) is -4.54. The second-order valence-electron chi connectivity index (χ2n) is 5.45. The molecule has 1 aliphatic rings. The molecule has 1 heterocycles. The fraction of sp³-hybridized carbons (Fsp3) is 0.500. The molecule has 1 unspecified atom stereocenters. The molecule has 25 heavy (non-hydrogen) atoms. The molecule has 0 radical (unpaired) electrons. The summed E-state index contributed by atoms with van der Waals surface area (Å²) in [6, 6.07) is 3.02. The number of hydrogen-bond donors (Lipinski definition) is 1. The molecule has 0 bridgehead atoms. The predicted molar refractivity (Wildman–Crippen MR) is 85.3 cm³/mol. The van der Waals surface area contributed by atoms with Crippen LogP contribution in [0.25, 0.3) is 0 Å². The van der Waals surface area contributed by atoms with Gasteiger partial charge in [-0.25, -0.2) is 0 Å². The lowest BCUT2D eigenvalue weighted by Gasteiger charge is -2.31. The van der Waals surface area contributed by atoms with Crippen LogP contribution in [0, 0.1) is 10.1 Å². The van der Waals surface area contributed by atoms with E-state index in [2.05, 4.69) is 10.1 Å². The normalized spacial score (nSPS) is 17.6. The average molecular weight is 384 g/mol. The molecule has 1 atom stereocenters. The zero-order valence-corrected chi connectivity index (χ0v) is 14.0. The molecule has 0 spiro atoms. The summed E-state index contributed by atoms with van der Waals surface area (Å²) in [4.78, 5) is 24.3. The van der Waals surface area contributed by atoms with Gasteiger partial charge in [-0.2, -0.15) is 13.2 Å². The third kappa shape index (κ3) is 5.75. The molecule has 0 aromatic heterocycles. The number of amides is 1. The highest BCUT2D eigenvalue weighted by Crippen LogP contribution is 2.27. The van der Waals surface area contributed by atoms with Gasteiger partial charge in [0.25, 0.3) is 11.6 Å². The molecule has 7 nitrogen and oxygen atoms in total. The van der Waals surface area contributed by atoms with Crippen LogP contribution < -0.4 is 10.1 Å². The van der Waals surface area contributed by atoms with Crippen LogP contribution in [0.2, 0.25) is 0 Å². The summed E-state index contributed by atoms with van der Waals surface area (Å²) >= 11 is 0. The van der Waals surface area contributed by atoms with Crippen LogP contribution in [0.1, 0.15) is 17.3 Å². The molecule has 1 aliphatic heterocycles. The third-order valence-electron chi connectivity index (χ3n) is 3.45. The fourth-order valence-corrected chi connectivity index (χ4v) is 2.39. The molecule has 0 saturated carbocycles. The van der Waals surface area contributed by atoms with Gasteiger partial charge in [0, 0.05) is 31.7 Å². The predicted octanol–water partition coefficient (Wildman–Crippen LogP) is 2.39. The number of ether oxygens (including phenoxy) is 1. The maximum Gasteiger partial charge on any atom is 0.422 e. The third-order valence-corrected chi connectivity index (χ3v) is 3.45. The Bertz CT molecular complexity index is 642. The number of rotatable bonds is 4. The van der Waals surface area contributed by atoms with E-state index in [-0.39, 0.29) is 29.8 Å². The maximum atomic E-state index is 12.5. The lowest BCUT2D eigenvalue weighted by molar-refractivity contribution is -0.385. The first-order valence-corrected chi connectivity index (χ1v) is 7.18. The summed E-state index contributed by atoms with van der Waals surface area (Å²) in [5, 5.41) is 14.2. The van der Waals surface area contributed by atoms with Crippen molar-refractivity contribution in [1.82, 2.24) is 10.2 Å². The van der Waals surface area contributed by atoms with Crippen molar-refractivity contribution in [2.24, 2.45) is 0 Å². The maximum absolute atomic E-state index is 12.5. The molecule has 1 fully saturated rings. The van der Waals surface area contributed by atoms with Crippen molar-refractivity contribution in [2.45, 2.75) is 19.1 Å². The van der Waals surface area contributed by atoms with Crippen molar-refractivity contribution >= 4 is 24.0 Å². The van der Waals surface area contributed by atoms with Crippen molar-refractivity contribution in [3.63, 3.8) is 0 Å². The van der Waals surface area contributed by atoms with Gasteiger partial charge in [-0.1, -0.05) is 0 Å². The van der Waals surface area contributed by atoms with Gasteiger partial charge in [0.15, 0.2) is 6.61 Å². The van der Waals surface area contributed by atoms with Crippen molar-refractivity contribution in [3.05, 3.63) is 33.9 Å². The average Bonchev–Trinajstić information content (AvgIpc) is 2.51. The Kier molecular flexibility index (Phi) is 7.00. The Morgan fingerprint density at radius 1 is 1.48 bits per heavy atom. The van der Waals surface area contributed by atoms with E-state index in [1.165, 1.54) is 4.90 Å². The Morgan fingerprint density at radius 3 is 2.72 bits per heavy atom. The molecule has 0 aliphatic carbocycles. The van der Waals surface area contributed by atoms with Gasteiger partial charge in [-0.3, -0.25) is 14.9 Å². The number of halogens is 4. The van der Waals surface area contributed by atoms with E-state index in [1.54, 1.807) is 0 Å². The lowest BCUT2D eigenvalue weighted by atomic mass is 10.1. The summed E-state index contributed by atoms with van der Waals surface area (Å²) in [5.41, 5.74) is -0.751. The number of nitrogens with zero attached hydrogens (tertiary/aromatic N) is 2. The smallest absolute Gasteiger partial charge is 0.422 e. The largest absolute Gasteiger partial charge is 0.484 e. The van der Waals surface area contributed by atoms with Crippen LogP contribution in [0.5, 0.6) is 5.75 Å². The van der Waals surface area contributed by atoms with E-state index in [1.807, 2.05) is 6.92 Å². The Morgan fingerprint density at radius 2 is 2.16 bits per heavy atom. The summed E-state index contributed by atoms with van der Waals surface area (Å²) in [7, 11) is 0. The van der Waals surface area contributed by atoms with Crippen LogP contribution in [0.15, 0.2) is 18.2 Å². The number of benzene rings is 1. The molecule has 1 aromatic carbocycles. The quantitative estimate of drug-likeness (QED) is 0.637. The number of nitrogens with one attached hydrogen (secondary N) is 1. The molecular weight excluding hydrogens is 367 g/mol. The molecule has 1 N–H and O–H groups in total. The number of hydrogen-bond acceptors (Lipinski definition) is 5. The highest BCUT2D eigenvalue weighted by atomic mass is 35.5. The van der Waals surface area contributed by atoms with Crippen molar-refractivity contribution in [3.8, 4) is 5.75 Å². The second kappa shape index (κ2) is 8.34. The minimum Gasteiger partial charge on any atom is -0.484 e. The molecule has 11 heteroatoms. The Balaban J connectivity index is 0.00000312. The van der Waals surface area contributed by atoms with Crippen LogP contribution in [0.3, 0.4) is 0 Å². The summed E-state index contributed by atoms with van der Waals surface area (Å²) < 4.78 is 41.3.